The highest BCUT2D eigenvalue weighted by Crippen LogP contribution is 2.26. The van der Waals surface area contributed by atoms with Gasteiger partial charge in [0.05, 0.1) is 7.11 Å². The number of carbonyl (C=O) groups is 2. The van der Waals surface area contributed by atoms with Crippen LogP contribution in [0.15, 0.2) is 47.4 Å². The monoisotopic (exact) mass is 350 g/mol. The van der Waals surface area contributed by atoms with Gasteiger partial charge in [0.25, 0.3) is 0 Å². The van der Waals surface area contributed by atoms with E-state index in [2.05, 4.69) is 0 Å². The third-order valence-electron chi connectivity index (χ3n) is 3.11. The predicted octanol–water partition coefficient (Wildman–Crippen LogP) is 4.11. The number of benzene rings is 2. The third-order valence-corrected chi connectivity index (χ3v) is 4.07. The molecule has 0 saturated carbocycles. The normalized spacial score (nSPS) is 10.2. The van der Waals surface area contributed by atoms with E-state index in [1.807, 2.05) is 6.26 Å². The molecule has 0 spiro atoms. The summed E-state index contributed by atoms with van der Waals surface area (Å²) in [5.74, 6) is -0.512. The predicted molar refractivity (Wildman–Crippen MR) is 90.8 cm³/mol. The number of esters is 1. The molecule has 0 heterocycles. The zero-order valence-corrected chi connectivity index (χ0v) is 14.2. The maximum atomic E-state index is 12.1. The van der Waals surface area contributed by atoms with Gasteiger partial charge in [-0.3, -0.25) is 4.79 Å². The van der Waals surface area contributed by atoms with E-state index in [-0.39, 0.29) is 18.0 Å². The molecule has 0 bridgehead atoms. The van der Waals surface area contributed by atoms with Crippen molar-refractivity contribution in [2.75, 3.05) is 20.0 Å². The second-order valence-corrected chi connectivity index (χ2v) is 5.89. The highest BCUT2D eigenvalue weighted by atomic mass is 35.5. The van der Waals surface area contributed by atoms with Crippen LogP contribution >= 0.6 is 23.4 Å². The number of methoxy groups -OCH3 is 1. The molecule has 0 saturated heterocycles. The van der Waals surface area contributed by atoms with Crippen LogP contribution in [0.25, 0.3) is 0 Å². The van der Waals surface area contributed by atoms with Crippen LogP contribution in [0.1, 0.15) is 20.7 Å². The van der Waals surface area contributed by atoms with E-state index in [1.165, 1.54) is 24.9 Å². The van der Waals surface area contributed by atoms with E-state index in [0.717, 1.165) is 4.90 Å². The molecule has 2 rings (SSSR count). The molecule has 6 heteroatoms. The van der Waals surface area contributed by atoms with E-state index in [0.29, 0.717) is 16.3 Å². The number of hydrogen-bond acceptors (Lipinski definition) is 5. The topological polar surface area (TPSA) is 52.6 Å². The number of halogens is 1. The van der Waals surface area contributed by atoms with Crippen LogP contribution in [0, 0.1) is 0 Å². The molecule has 0 aromatic heterocycles. The van der Waals surface area contributed by atoms with E-state index < -0.39 is 5.97 Å². The summed E-state index contributed by atoms with van der Waals surface area (Å²) in [4.78, 5) is 25.1. The maximum absolute atomic E-state index is 12.1. The Balaban J connectivity index is 2.06. The first-order valence-electron chi connectivity index (χ1n) is 6.73. The molecule has 0 aliphatic carbocycles. The SMILES string of the molecule is COc1cc(SC)ccc1C(=O)OCC(=O)c1cccc(Cl)c1. The second-order valence-electron chi connectivity index (χ2n) is 4.58. The van der Waals surface area contributed by atoms with Crippen LogP contribution in [0.4, 0.5) is 0 Å². The Bertz CT molecular complexity index is 730. The van der Waals surface area contributed by atoms with Crippen molar-refractivity contribution < 1.29 is 19.1 Å². The Labute approximate surface area is 143 Å². The van der Waals surface area contributed by atoms with Crippen molar-refractivity contribution in [1.29, 1.82) is 0 Å². The first-order chi connectivity index (χ1) is 11.0. The van der Waals surface area contributed by atoms with E-state index >= 15 is 0 Å². The molecule has 0 atom stereocenters. The molecular weight excluding hydrogens is 336 g/mol. The van der Waals surface area contributed by atoms with Gasteiger partial charge < -0.3 is 9.47 Å². The van der Waals surface area contributed by atoms with Gasteiger partial charge in [0.1, 0.15) is 11.3 Å². The fourth-order valence-corrected chi connectivity index (χ4v) is 2.54. The molecule has 0 amide bonds. The number of ketones is 1. The van der Waals surface area contributed by atoms with Crippen molar-refractivity contribution in [3.63, 3.8) is 0 Å². The quantitative estimate of drug-likeness (QED) is 0.446. The van der Waals surface area contributed by atoms with Gasteiger partial charge in [-0.1, -0.05) is 23.7 Å². The van der Waals surface area contributed by atoms with Crippen LogP contribution in [0.2, 0.25) is 5.02 Å². The zero-order chi connectivity index (χ0) is 16.8. The van der Waals surface area contributed by atoms with Gasteiger partial charge in [-0.15, -0.1) is 11.8 Å². The van der Waals surface area contributed by atoms with E-state index in [9.17, 15) is 9.59 Å². The molecule has 0 aliphatic rings. The Hall–Kier alpha value is -1.98. The van der Waals surface area contributed by atoms with Crippen LogP contribution in [-0.2, 0) is 4.74 Å². The molecule has 0 aliphatic heterocycles. The van der Waals surface area contributed by atoms with E-state index in [4.69, 9.17) is 21.1 Å². The van der Waals surface area contributed by atoms with Crippen molar-refractivity contribution in [3.05, 3.63) is 58.6 Å². The molecule has 0 N–H and O–H groups in total. The highest BCUT2D eigenvalue weighted by Gasteiger charge is 2.16. The fraction of sp³-hybridized carbons (Fsp3) is 0.176. The van der Waals surface area contributed by atoms with Crippen LogP contribution in [-0.4, -0.2) is 31.7 Å². The lowest BCUT2D eigenvalue weighted by atomic mass is 10.1. The van der Waals surface area contributed by atoms with Crippen molar-refractivity contribution >= 4 is 35.1 Å². The smallest absolute Gasteiger partial charge is 0.342 e. The minimum atomic E-state index is -0.607. The summed E-state index contributed by atoms with van der Waals surface area (Å²) < 4.78 is 10.3. The largest absolute Gasteiger partial charge is 0.496 e. The summed E-state index contributed by atoms with van der Waals surface area (Å²) in [6, 6.07) is 11.7. The van der Waals surface area contributed by atoms with Crippen molar-refractivity contribution in [2.24, 2.45) is 0 Å². The lowest BCUT2D eigenvalue weighted by Gasteiger charge is -2.10. The lowest BCUT2D eigenvalue weighted by Crippen LogP contribution is -2.15. The fourth-order valence-electron chi connectivity index (χ4n) is 1.92. The van der Waals surface area contributed by atoms with Crippen molar-refractivity contribution in [2.45, 2.75) is 4.90 Å². The van der Waals surface area contributed by atoms with Gasteiger partial charge in [0, 0.05) is 15.5 Å². The molecule has 4 nitrogen and oxygen atoms in total. The molecule has 0 unspecified atom stereocenters. The third kappa shape index (κ3) is 4.50. The number of Topliss-reactive ketones (excluding diaryl/α,β-unsaturated/α-hetero) is 1. The summed E-state index contributed by atoms with van der Waals surface area (Å²) in [5, 5.41) is 0.455. The van der Waals surface area contributed by atoms with Crippen LogP contribution in [0.5, 0.6) is 5.75 Å². The molecule has 2 aromatic rings. The van der Waals surface area contributed by atoms with Gasteiger partial charge >= 0.3 is 5.97 Å². The first-order valence-corrected chi connectivity index (χ1v) is 8.33. The Morgan fingerprint density at radius 2 is 1.96 bits per heavy atom. The van der Waals surface area contributed by atoms with Gasteiger partial charge in [-0.25, -0.2) is 4.79 Å². The highest BCUT2D eigenvalue weighted by molar-refractivity contribution is 7.98. The maximum Gasteiger partial charge on any atom is 0.342 e. The van der Waals surface area contributed by atoms with E-state index in [1.54, 1.807) is 36.4 Å². The number of carbonyl (C=O) groups excluding carboxylic acids is 2. The van der Waals surface area contributed by atoms with Crippen LogP contribution < -0.4 is 4.74 Å². The first kappa shape index (κ1) is 17.4. The van der Waals surface area contributed by atoms with Gasteiger partial charge in [0.15, 0.2) is 12.4 Å². The zero-order valence-electron chi connectivity index (χ0n) is 12.7. The van der Waals surface area contributed by atoms with Gasteiger partial charge in [-0.05, 0) is 36.6 Å². The minimum Gasteiger partial charge on any atom is -0.496 e. The molecule has 2 aromatic carbocycles. The number of ether oxygens (including phenoxy) is 2. The molecule has 0 radical (unpaired) electrons. The van der Waals surface area contributed by atoms with Crippen molar-refractivity contribution in [3.8, 4) is 5.75 Å². The van der Waals surface area contributed by atoms with Gasteiger partial charge in [0.2, 0.25) is 0 Å². The van der Waals surface area contributed by atoms with Crippen molar-refractivity contribution in [1.82, 2.24) is 0 Å². The Kier molecular flexibility index (Phi) is 6.07. The number of hydrogen-bond donors (Lipinski definition) is 0. The standard InChI is InChI=1S/C17H15ClO4S/c1-21-16-9-13(23-2)6-7-14(16)17(20)22-10-15(19)11-4-3-5-12(18)8-11/h3-9H,10H2,1-2H3. The average molecular weight is 351 g/mol. The molecule has 120 valence electrons. The Morgan fingerprint density at radius 3 is 2.61 bits per heavy atom. The number of thioether (sulfide) groups is 1. The second kappa shape index (κ2) is 8.04. The number of rotatable bonds is 6. The minimum absolute atomic E-state index is 0.282. The van der Waals surface area contributed by atoms with Crippen LogP contribution in [0.3, 0.4) is 0 Å². The summed E-state index contributed by atoms with van der Waals surface area (Å²) in [5.41, 5.74) is 0.680. The van der Waals surface area contributed by atoms with Gasteiger partial charge in [-0.2, -0.15) is 0 Å². The molecule has 23 heavy (non-hydrogen) atoms. The average Bonchev–Trinajstić information content (AvgIpc) is 2.58. The summed E-state index contributed by atoms with van der Waals surface area (Å²) >= 11 is 7.37. The summed E-state index contributed by atoms with van der Waals surface area (Å²) in [7, 11) is 1.48. The Morgan fingerprint density at radius 1 is 1.17 bits per heavy atom. The molecular formula is C17H15ClO4S. The summed E-state index contributed by atoms with van der Waals surface area (Å²) in [6.07, 6.45) is 1.93. The lowest BCUT2D eigenvalue weighted by molar-refractivity contribution is 0.0471. The molecule has 0 fully saturated rings. The summed E-state index contributed by atoms with van der Waals surface area (Å²) in [6.45, 7) is -0.355.